The monoisotopic (exact) mass is 455 g/mol. The molecule has 2 aromatic heterocycles. The number of pyridine rings is 2. The molecule has 0 radical (unpaired) electrons. The number of carbonyl (C=O) groups excluding carboxylic acids is 1. The summed E-state index contributed by atoms with van der Waals surface area (Å²) in [4.78, 5) is 27.7. The van der Waals surface area contributed by atoms with Gasteiger partial charge in [-0.15, -0.1) is 0 Å². The lowest BCUT2D eigenvalue weighted by molar-refractivity contribution is -0.120. The number of aryl methyl sites for hydroxylation is 1. The van der Waals surface area contributed by atoms with Crippen molar-refractivity contribution in [3.8, 4) is 11.6 Å². The van der Waals surface area contributed by atoms with Gasteiger partial charge >= 0.3 is 7.12 Å². The number of halogens is 3. The molecule has 1 amide bonds. The molecule has 0 spiro atoms. The molecule has 0 aliphatic carbocycles. The number of primary amides is 1. The van der Waals surface area contributed by atoms with Gasteiger partial charge in [-0.3, -0.25) is 9.59 Å². The van der Waals surface area contributed by atoms with Crippen LogP contribution >= 0.6 is 34.8 Å². The van der Waals surface area contributed by atoms with Crippen LogP contribution in [0.1, 0.15) is 5.69 Å². The highest BCUT2D eigenvalue weighted by Gasteiger charge is 2.22. The lowest BCUT2D eigenvalue weighted by Gasteiger charge is -2.20. The SMILES string of the molecule is Cc1cc(=O)c2c(OCC(N)=O)ncc(Cl)c2n1-c1c(Cl)cc(B(O)O)cc1Cl. The molecule has 0 fully saturated rings. The highest BCUT2D eigenvalue weighted by atomic mass is 35.5. The maximum absolute atomic E-state index is 12.7. The minimum absolute atomic E-state index is 0.00255. The van der Waals surface area contributed by atoms with E-state index in [9.17, 15) is 19.6 Å². The maximum Gasteiger partial charge on any atom is 0.488 e. The Kier molecular flexibility index (Phi) is 6.07. The number of fused-ring (bicyclic) bond motifs is 1. The summed E-state index contributed by atoms with van der Waals surface area (Å²) in [6.45, 7) is 1.16. The van der Waals surface area contributed by atoms with E-state index in [4.69, 9.17) is 45.3 Å². The van der Waals surface area contributed by atoms with Gasteiger partial charge in [0.1, 0.15) is 5.39 Å². The number of aromatic nitrogens is 2. The highest BCUT2D eigenvalue weighted by molar-refractivity contribution is 6.59. The fraction of sp³-hybridized carbons (Fsp3) is 0.118. The smallest absolute Gasteiger partial charge is 0.467 e. The first-order chi connectivity index (χ1) is 13.6. The Labute approximate surface area is 179 Å². The van der Waals surface area contributed by atoms with E-state index in [0.29, 0.717) is 5.69 Å². The third-order valence-corrected chi connectivity index (χ3v) is 4.90. The average Bonchev–Trinajstić information content (AvgIpc) is 2.62. The second-order valence-corrected chi connectivity index (χ2v) is 7.30. The van der Waals surface area contributed by atoms with E-state index in [0.717, 1.165) is 0 Å². The van der Waals surface area contributed by atoms with E-state index < -0.39 is 25.1 Å². The zero-order valence-electron chi connectivity index (χ0n) is 14.8. The first kappa shape index (κ1) is 21.4. The number of carbonyl (C=O) groups is 1. The van der Waals surface area contributed by atoms with Gasteiger partial charge in [-0.05, 0) is 24.5 Å². The molecule has 0 saturated heterocycles. The summed E-state index contributed by atoms with van der Waals surface area (Å²) in [6.07, 6.45) is 1.25. The van der Waals surface area contributed by atoms with E-state index in [1.807, 2.05) is 0 Å². The summed E-state index contributed by atoms with van der Waals surface area (Å²) in [5.41, 5.74) is 5.64. The first-order valence-electron chi connectivity index (χ1n) is 8.09. The molecule has 1 aromatic carbocycles. The topological polar surface area (TPSA) is 128 Å². The largest absolute Gasteiger partial charge is 0.488 e. The summed E-state index contributed by atoms with van der Waals surface area (Å²) in [6, 6.07) is 3.96. The van der Waals surface area contributed by atoms with Crippen molar-refractivity contribution in [1.82, 2.24) is 9.55 Å². The number of ether oxygens (including phenoxy) is 1. The lowest BCUT2D eigenvalue weighted by Crippen LogP contribution is -2.30. The Morgan fingerprint density at radius 1 is 1.21 bits per heavy atom. The van der Waals surface area contributed by atoms with E-state index in [1.54, 1.807) is 6.92 Å². The number of benzene rings is 1. The molecule has 150 valence electrons. The van der Waals surface area contributed by atoms with Gasteiger partial charge in [0.15, 0.2) is 12.0 Å². The number of amides is 1. The van der Waals surface area contributed by atoms with E-state index in [1.165, 1.54) is 29.0 Å². The summed E-state index contributed by atoms with van der Waals surface area (Å²) in [7, 11) is -1.77. The predicted molar refractivity (Wildman–Crippen MR) is 112 cm³/mol. The van der Waals surface area contributed by atoms with Gasteiger partial charge in [0.2, 0.25) is 5.88 Å². The zero-order chi connectivity index (χ0) is 21.5. The van der Waals surface area contributed by atoms with Crippen molar-refractivity contribution in [2.45, 2.75) is 6.92 Å². The van der Waals surface area contributed by atoms with Crippen LogP contribution < -0.4 is 21.4 Å². The number of nitrogens with two attached hydrogens (primary N) is 1. The molecule has 2 heterocycles. The molecule has 3 aromatic rings. The predicted octanol–water partition coefficient (Wildman–Crippen LogP) is 1.20. The summed E-state index contributed by atoms with van der Waals surface area (Å²) < 4.78 is 6.79. The number of rotatable bonds is 5. The molecule has 0 aliphatic heterocycles. The van der Waals surface area contributed by atoms with Crippen molar-refractivity contribution in [3.63, 3.8) is 0 Å². The molecule has 0 saturated carbocycles. The van der Waals surface area contributed by atoms with Gasteiger partial charge in [-0.25, -0.2) is 4.98 Å². The Balaban J connectivity index is 2.40. The van der Waals surface area contributed by atoms with Gasteiger partial charge < -0.3 is 25.1 Å². The fourth-order valence-corrected chi connectivity index (χ4v) is 3.79. The fourth-order valence-electron chi connectivity index (χ4n) is 2.89. The molecule has 0 aliphatic rings. The molecule has 12 heteroatoms. The standard InChI is InChI=1S/C17H13BCl3N3O5/c1-7-2-12(25)14-16(11(21)5-23-17(14)29-6-13(22)26)24(7)15-9(19)3-8(18(27)28)4-10(15)20/h2-5,27-28H,6H2,1H3,(H2,22,26). The Morgan fingerprint density at radius 2 is 1.83 bits per heavy atom. The van der Waals surface area contributed by atoms with Gasteiger partial charge in [0, 0.05) is 11.8 Å². The molecule has 8 nitrogen and oxygen atoms in total. The van der Waals surface area contributed by atoms with Crippen molar-refractivity contribution < 1.29 is 19.6 Å². The normalized spacial score (nSPS) is 11.0. The number of hydrogen-bond donors (Lipinski definition) is 3. The van der Waals surface area contributed by atoms with Crippen molar-refractivity contribution in [2.24, 2.45) is 5.73 Å². The van der Waals surface area contributed by atoms with E-state index in [-0.39, 0.29) is 43.0 Å². The minimum atomic E-state index is -1.77. The van der Waals surface area contributed by atoms with Crippen LogP contribution in [0.5, 0.6) is 5.88 Å². The highest BCUT2D eigenvalue weighted by Crippen LogP contribution is 2.35. The lowest BCUT2D eigenvalue weighted by atomic mass is 9.80. The molecular weight excluding hydrogens is 443 g/mol. The van der Waals surface area contributed by atoms with Crippen molar-refractivity contribution in [1.29, 1.82) is 0 Å². The van der Waals surface area contributed by atoms with Crippen LogP contribution in [0.25, 0.3) is 16.6 Å². The van der Waals surface area contributed by atoms with Crippen molar-refractivity contribution in [3.05, 3.63) is 55.4 Å². The van der Waals surface area contributed by atoms with Crippen molar-refractivity contribution in [2.75, 3.05) is 6.61 Å². The van der Waals surface area contributed by atoms with Crippen LogP contribution in [-0.2, 0) is 4.79 Å². The second-order valence-electron chi connectivity index (χ2n) is 6.08. The van der Waals surface area contributed by atoms with Gasteiger partial charge in [-0.1, -0.05) is 34.8 Å². The Hall–Kier alpha value is -2.30. The van der Waals surface area contributed by atoms with Crippen molar-refractivity contribution >= 4 is 64.2 Å². The van der Waals surface area contributed by atoms with Gasteiger partial charge in [-0.2, -0.15) is 0 Å². The van der Waals surface area contributed by atoms with E-state index >= 15 is 0 Å². The molecular formula is C17H13BCl3N3O5. The van der Waals surface area contributed by atoms with Crippen LogP contribution in [-0.4, -0.2) is 39.2 Å². The summed E-state index contributed by atoms with van der Waals surface area (Å²) in [5.74, 6) is -0.872. The summed E-state index contributed by atoms with van der Waals surface area (Å²) >= 11 is 19.1. The third-order valence-electron chi connectivity index (χ3n) is 4.05. The van der Waals surface area contributed by atoms with Gasteiger partial charge in [0.25, 0.3) is 5.91 Å². The minimum Gasteiger partial charge on any atom is -0.467 e. The zero-order valence-corrected chi connectivity index (χ0v) is 17.1. The van der Waals surface area contributed by atoms with Gasteiger partial charge in [0.05, 0.1) is 32.5 Å². The first-order valence-corrected chi connectivity index (χ1v) is 9.22. The second kappa shape index (κ2) is 8.21. The molecule has 3 rings (SSSR count). The number of hydrogen-bond acceptors (Lipinski definition) is 6. The third kappa shape index (κ3) is 4.05. The quantitative estimate of drug-likeness (QED) is 0.495. The summed E-state index contributed by atoms with van der Waals surface area (Å²) in [5, 5.41) is 19.0. The molecule has 0 bridgehead atoms. The van der Waals surface area contributed by atoms with Crippen LogP contribution in [0.4, 0.5) is 0 Å². The van der Waals surface area contributed by atoms with Crippen LogP contribution in [0.2, 0.25) is 15.1 Å². The molecule has 4 N–H and O–H groups in total. The number of nitrogens with zero attached hydrogens (tertiary/aromatic N) is 2. The Morgan fingerprint density at radius 3 is 2.38 bits per heavy atom. The molecule has 0 atom stereocenters. The Bertz CT molecular complexity index is 1180. The maximum atomic E-state index is 12.7. The van der Waals surface area contributed by atoms with Crippen LogP contribution in [0.3, 0.4) is 0 Å². The molecule has 0 unspecified atom stereocenters. The molecule has 29 heavy (non-hydrogen) atoms. The van der Waals surface area contributed by atoms with E-state index in [2.05, 4.69) is 4.98 Å². The van der Waals surface area contributed by atoms with Crippen LogP contribution in [0, 0.1) is 6.92 Å². The average molecular weight is 456 g/mol. The van der Waals surface area contributed by atoms with Crippen LogP contribution in [0.15, 0.2) is 29.2 Å².